The third-order valence-corrected chi connectivity index (χ3v) is 8.11. The van der Waals surface area contributed by atoms with Crippen LogP contribution >= 0.6 is 12.4 Å². The Morgan fingerprint density at radius 1 is 0.590 bits per heavy atom. The molecule has 0 rings (SSSR count). The van der Waals surface area contributed by atoms with Gasteiger partial charge in [0, 0.05) is 26.2 Å². The van der Waals surface area contributed by atoms with Gasteiger partial charge in [-0.1, -0.05) is 161 Å². The minimum absolute atomic E-state index is 0. The molecule has 0 bridgehead atoms. The molecular formula is C35H69ClN2O. The van der Waals surface area contributed by atoms with Gasteiger partial charge in [0.1, 0.15) is 0 Å². The van der Waals surface area contributed by atoms with Crippen molar-refractivity contribution in [3.63, 3.8) is 0 Å². The Morgan fingerprint density at radius 2 is 0.897 bits per heavy atom. The van der Waals surface area contributed by atoms with Crippen LogP contribution in [0.3, 0.4) is 0 Å². The van der Waals surface area contributed by atoms with Crippen LogP contribution in [-0.2, 0) is 4.79 Å². The minimum Gasteiger partial charge on any atom is -0.342 e. The van der Waals surface area contributed by atoms with Gasteiger partial charge in [0.2, 0.25) is 5.91 Å². The zero-order valence-corrected chi connectivity index (χ0v) is 27.6. The number of hydrogen-bond donors (Lipinski definition) is 0. The summed E-state index contributed by atoms with van der Waals surface area (Å²) < 4.78 is 0. The van der Waals surface area contributed by atoms with E-state index in [1.54, 1.807) is 0 Å². The SMILES string of the molecule is C=CCN(CC=C)CC(=O)N(C)C(CCCCCCCCCCCC)CCCCCCCCCCCCC.Cl. The van der Waals surface area contributed by atoms with Crippen LogP contribution in [-0.4, -0.2) is 48.4 Å². The summed E-state index contributed by atoms with van der Waals surface area (Å²) in [4.78, 5) is 17.3. The van der Waals surface area contributed by atoms with E-state index in [0.717, 1.165) is 25.9 Å². The van der Waals surface area contributed by atoms with E-state index >= 15 is 0 Å². The maximum absolute atomic E-state index is 13.1. The summed E-state index contributed by atoms with van der Waals surface area (Å²) >= 11 is 0. The van der Waals surface area contributed by atoms with Gasteiger partial charge >= 0.3 is 0 Å². The van der Waals surface area contributed by atoms with Crippen molar-refractivity contribution in [2.75, 3.05) is 26.7 Å². The van der Waals surface area contributed by atoms with Crippen LogP contribution in [0.1, 0.15) is 162 Å². The van der Waals surface area contributed by atoms with Crippen LogP contribution in [0.25, 0.3) is 0 Å². The highest BCUT2D eigenvalue weighted by atomic mass is 35.5. The van der Waals surface area contributed by atoms with E-state index in [4.69, 9.17) is 0 Å². The van der Waals surface area contributed by atoms with Crippen LogP contribution in [0, 0.1) is 0 Å². The summed E-state index contributed by atoms with van der Waals surface area (Å²) in [6, 6.07) is 0.379. The molecule has 0 aliphatic rings. The van der Waals surface area contributed by atoms with Gasteiger partial charge in [-0.05, 0) is 12.8 Å². The number of hydrogen-bond acceptors (Lipinski definition) is 2. The van der Waals surface area contributed by atoms with Crippen LogP contribution in [0.2, 0.25) is 0 Å². The Kier molecular flexibility index (Phi) is 32.8. The fraction of sp³-hybridized carbons (Fsp3) is 0.857. The fourth-order valence-corrected chi connectivity index (χ4v) is 5.52. The molecule has 0 aromatic rings. The topological polar surface area (TPSA) is 23.6 Å². The van der Waals surface area contributed by atoms with E-state index < -0.39 is 0 Å². The highest BCUT2D eigenvalue weighted by molar-refractivity contribution is 5.85. The van der Waals surface area contributed by atoms with Gasteiger partial charge in [-0.2, -0.15) is 0 Å². The predicted octanol–water partition coefficient (Wildman–Crippen LogP) is 10.9. The molecule has 1 atom stereocenters. The van der Waals surface area contributed by atoms with Crippen LogP contribution in [0.15, 0.2) is 25.3 Å². The maximum atomic E-state index is 13.1. The van der Waals surface area contributed by atoms with E-state index in [9.17, 15) is 4.79 Å². The van der Waals surface area contributed by atoms with Gasteiger partial charge in [-0.15, -0.1) is 25.6 Å². The van der Waals surface area contributed by atoms with Crippen molar-refractivity contribution in [3.8, 4) is 0 Å². The van der Waals surface area contributed by atoms with Crippen LogP contribution in [0.5, 0.6) is 0 Å². The molecule has 1 amide bonds. The van der Waals surface area contributed by atoms with Gasteiger partial charge in [0.15, 0.2) is 0 Å². The number of nitrogens with zero attached hydrogens (tertiary/aromatic N) is 2. The lowest BCUT2D eigenvalue weighted by Crippen LogP contribution is -2.43. The molecule has 232 valence electrons. The largest absolute Gasteiger partial charge is 0.342 e. The minimum atomic E-state index is 0. The highest BCUT2D eigenvalue weighted by Crippen LogP contribution is 2.19. The van der Waals surface area contributed by atoms with E-state index in [0.29, 0.717) is 12.6 Å². The standard InChI is InChI=1S/C35H68N2O.ClH/c1-6-10-12-14-16-18-20-22-24-26-28-30-34(29-27-25-23-21-19-17-15-13-11-7-2)36(5)35(38)33-37(31-8-3)32-9-4;/h8-9,34H,3-4,6-7,10-33H2,1-2,5H3;1H. The predicted molar refractivity (Wildman–Crippen MR) is 178 cm³/mol. The van der Waals surface area contributed by atoms with Crippen molar-refractivity contribution in [1.82, 2.24) is 9.80 Å². The average Bonchev–Trinajstić information content (AvgIpc) is 2.91. The molecule has 0 aromatic heterocycles. The molecule has 39 heavy (non-hydrogen) atoms. The first-order valence-electron chi connectivity index (χ1n) is 16.8. The molecule has 0 aliphatic carbocycles. The molecule has 0 aliphatic heterocycles. The molecule has 0 saturated heterocycles. The Bertz CT molecular complexity index is 529. The van der Waals surface area contributed by atoms with Crippen molar-refractivity contribution in [1.29, 1.82) is 0 Å². The Morgan fingerprint density at radius 3 is 1.21 bits per heavy atom. The lowest BCUT2D eigenvalue weighted by Gasteiger charge is -2.31. The van der Waals surface area contributed by atoms with E-state index in [-0.39, 0.29) is 18.3 Å². The third kappa shape index (κ3) is 25.9. The quantitative estimate of drug-likeness (QED) is 0.0635. The third-order valence-electron chi connectivity index (χ3n) is 8.11. The number of carbonyl (C=O) groups excluding carboxylic acids is 1. The first-order chi connectivity index (χ1) is 18.6. The van der Waals surface area contributed by atoms with Gasteiger partial charge in [-0.25, -0.2) is 0 Å². The summed E-state index contributed by atoms with van der Waals surface area (Å²) in [6.45, 7) is 14.2. The zero-order chi connectivity index (χ0) is 28.1. The molecule has 0 spiro atoms. The second-order valence-electron chi connectivity index (χ2n) is 11.7. The molecule has 3 nitrogen and oxygen atoms in total. The molecule has 0 aromatic carbocycles. The van der Waals surface area contributed by atoms with Gasteiger partial charge < -0.3 is 4.90 Å². The molecule has 0 fully saturated rings. The van der Waals surface area contributed by atoms with Crippen LogP contribution < -0.4 is 0 Å². The van der Waals surface area contributed by atoms with Gasteiger partial charge in [0.05, 0.1) is 6.54 Å². The molecule has 0 radical (unpaired) electrons. The maximum Gasteiger partial charge on any atom is 0.236 e. The van der Waals surface area contributed by atoms with E-state index in [1.165, 1.54) is 135 Å². The second-order valence-corrected chi connectivity index (χ2v) is 11.7. The number of halogens is 1. The first kappa shape index (κ1) is 40.3. The Labute approximate surface area is 252 Å². The monoisotopic (exact) mass is 569 g/mol. The second kappa shape index (κ2) is 31.7. The highest BCUT2D eigenvalue weighted by Gasteiger charge is 2.21. The average molecular weight is 569 g/mol. The Hall–Kier alpha value is -0.800. The van der Waals surface area contributed by atoms with Gasteiger partial charge in [0.25, 0.3) is 0 Å². The lowest BCUT2D eigenvalue weighted by atomic mass is 9.98. The molecule has 0 saturated carbocycles. The number of likely N-dealkylation sites (N-methyl/N-ethyl adjacent to an activating group) is 1. The number of carbonyl (C=O) groups is 1. The Balaban J connectivity index is 0. The lowest BCUT2D eigenvalue weighted by molar-refractivity contribution is -0.133. The number of amides is 1. The van der Waals surface area contributed by atoms with Crippen molar-refractivity contribution in [2.24, 2.45) is 0 Å². The van der Waals surface area contributed by atoms with Crippen LogP contribution in [0.4, 0.5) is 0 Å². The van der Waals surface area contributed by atoms with Crippen molar-refractivity contribution < 1.29 is 4.79 Å². The zero-order valence-electron chi connectivity index (χ0n) is 26.7. The summed E-state index contributed by atoms with van der Waals surface area (Å²) in [5.41, 5.74) is 0. The van der Waals surface area contributed by atoms with Crippen molar-refractivity contribution in [3.05, 3.63) is 25.3 Å². The molecule has 0 heterocycles. The van der Waals surface area contributed by atoms with Crippen molar-refractivity contribution >= 4 is 18.3 Å². The normalized spacial score (nSPS) is 11.8. The summed E-state index contributed by atoms with van der Waals surface area (Å²) in [6.07, 6.45) is 34.8. The molecule has 1 unspecified atom stereocenters. The molecule has 4 heteroatoms. The summed E-state index contributed by atoms with van der Waals surface area (Å²) in [5.74, 6) is 0.244. The van der Waals surface area contributed by atoms with E-state index in [2.05, 4.69) is 36.8 Å². The summed E-state index contributed by atoms with van der Waals surface area (Å²) in [5, 5.41) is 0. The van der Waals surface area contributed by atoms with Gasteiger partial charge in [-0.3, -0.25) is 9.69 Å². The van der Waals surface area contributed by atoms with Crippen molar-refractivity contribution in [2.45, 2.75) is 168 Å². The summed E-state index contributed by atoms with van der Waals surface area (Å²) in [7, 11) is 2.04. The first-order valence-corrected chi connectivity index (χ1v) is 16.8. The smallest absolute Gasteiger partial charge is 0.236 e. The molecule has 0 N–H and O–H groups in total. The molecular weight excluding hydrogens is 500 g/mol. The van der Waals surface area contributed by atoms with E-state index in [1.807, 2.05) is 19.2 Å². The number of unbranched alkanes of at least 4 members (excludes halogenated alkanes) is 19. The number of rotatable bonds is 30. The fourth-order valence-electron chi connectivity index (χ4n) is 5.52.